The van der Waals surface area contributed by atoms with E-state index in [1.807, 2.05) is 6.92 Å². The summed E-state index contributed by atoms with van der Waals surface area (Å²) in [5.41, 5.74) is 0. The van der Waals surface area contributed by atoms with Crippen molar-refractivity contribution in [1.82, 2.24) is 10.2 Å². The Bertz CT molecular complexity index is 258. The number of hydrogen-bond acceptors (Lipinski definition) is 2. The number of carbonyl (C=O) groups excluding carboxylic acids is 2. The minimum atomic E-state index is -0.438. The van der Waals surface area contributed by atoms with Crippen molar-refractivity contribution in [2.24, 2.45) is 5.92 Å². The number of hydrogen-bond donors (Lipinski definition) is 1. The van der Waals surface area contributed by atoms with Gasteiger partial charge in [0.25, 0.3) is 0 Å². The van der Waals surface area contributed by atoms with Gasteiger partial charge in [-0.05, 0) is 25.7 Å². The summed E-state index contributed by atoms with van der Waals surface area (Å²) in [6, 6.07) is -0.121. The first-order valence-electron chi connectivity index (χ1n) is 5.21. The van der Waals surface area contributed by atoms with Gasteiger partial charge in [-0.1, -0.05) is 6.92 Å². The minimum Gasteiger partial charge on any atom is -0.321 e. The highest BCUT2D eigenvalue weighted by Crippen LogP contribution is 2.20. The molecule has 3 amide bonds. The maximum Gasteiger partial charge on any atom is 0.324 e. The molecule has 86 valence electrons. The van der Waals surface area contributed by atoms with Gasteiger partial charge >= 0.3 is 6.03 Å². The quantitative estimate of drug-likeness (QED) is 0.698. The third kappa shape index (κ3) is 3.38. The summed E-state index contributed by atoms with van der Waals surface area (Å²) in [6.07, 6.45) is 2.12. The Kier molecular flexibility index (Phi) is 4.39. The van der Waals surface area contributed by atoms with Crippen LogP contribution in [0, 0.1) is 5.92 Å². The second kappa shape index (κ2) is 5.35. The molecule has 15 heavy (non-hydrogen) atoms. The Morgan fingerprint density at radius 1 is 1.40 bits per heavy atom. The lowest BCUT2D eigenvalue weighted by atomic mass is 9.95. The molecule has 2 atom stereocenters. The Hall–Kier alpha value is -0.770. The fraction of sp³-hybridized carbons (Fsp3) is 0.800. The van der Waals surface area contributed by atoms with Gasteiger partial charge in [0.15, 0.2) is 0 Å². The minimum absolute atomic E-state index is 0.177. The van der Waals surface area contributed by atoms with Gasteiger partial charge < -0.3 is 4.90 Å². The van der Waals surface area contributed by atoms with Gasteiger partial charge in [0, 0.05) is 12.6 Å². The molecule has 0 radical (unpaired) electrons. The van der Waals surface area contributed by atoms with E-state index in [2.05, 4.69) is 12.2 Å². The number of alkyl halides is 1. The molecule has 1 aliphatic rings. The smallest absolute Gasteiger partial charge is 0.321 e. The Morgan fingerprint density at radius 2 is 2.07 bits per heavy atom. The summed E-state index contributed by atoms with van der Waals surface area (Å²) in [7, 11) is 0. The molecule has 0 aliphatic carbocycles. The van der Waals surface area contributed by atoms with Crippen molar-refractivity contribution in [2.75, 3.05) is 12.4 Å². The third-order valence-corrected chi connectivity index (χ3v) is 2.99. The molecule has 4 nitrogen and oxygen atoms in total. The summed E-state index contributed by atoms with van der Waals surface area (Å²) >= 11 is 5.32. The Labute approximate surface area is 95.0 Å². The van der Waals surface area contributed by atoms with Crippen LogP contribution in [-0.4, -0.2) is 35.3 Å². The van der Waals surface area contributed by atoms with E-state index in [9.17, 15) is 9.59 Å². The lowest BCUT2D eigenvalue weighted by Gasteiger charge is -2.36. The van der Waals surface area contributed by atoms with Crippen LogP contribution in [0.5, 0.6) is 0 Å². The zero-order chi connectivity index (χ0) is 11.4. The highest BCUT2D eigenvalue weighted by Gasteiger charge is 2.27. The highest BCUT2D eigenvalue weighted by atomic mass is 35.5. The highest BCUT2D eigenvalue weighted by molar-refractivity contribution is 6.28. The molecule has 0 aromatic rings. The van der Waals surface area contributed by atoms with Crippen molar-refractivity contribution < 1.29 is 9.59 Å². The number of nitrogens with one attached hydrogen (secondary N) is 1. The number of urea groups is 1. The van der Waals surface area contributed by atoms with E-state index in [1.54, 1.807) is 4.90 Å². The first kappa shape index (κ1) is 12.3. The molecule has 2 unspecified atom stereocenters. The lowest BCUT2D eigenvalue weighted by molar-refractivity contribution is -0.117. The van der Waals surface area contributed by atoms with E-state index < -0.39 is 5.91 Å². The lowest BCUT2D eigenvalue weighted by Crippen LogP contribution is -2.51. The number of rotatable bonds is 1. The molecule has 1 fully saturated rings. The molecule has 0 aromatic carbocycles. The fourth-order valence-electron chi connectivity index (χ4n) is 1.80. The van der Waals surface area contributed by atoms with Crippen LogP contribution in [-0.2, 0) is 4.79 Å². The van der Waals surface area contributed by atoms with Crippen LogP contribution in [0.2, 0.25) is 0 Å². The predicted molar refractivity (Wildman–Crippen MR) is 58.8 cm³/mol. The van der Waals surface area contributed by atoms with Gasteiger partial charge in [-0.3, -0.25) is 10.1 Å². The standard InChI is InChI=1S/C10H17ClN2O2/c1-7-3-4-8(2)13(6-7)10(15)12-9(14)5-11/h7-8H,3-6H2,1-2H3,(H,12,14,15). The van der Waals surface area contributed by atoms with Crippen LogP contribution in [0.1, 0.15) is 26.7 Å². The van der Waals surface area contributed by atoms with Gasteiger partial charge in [-0.2, -0.15) is 0 Å². The first-order valence-corrected chi connectivity index (χ1v) is 5.74. The summed E-state index contributed by atoms with van der Waals surface area (Å²) in [5, 5.41) is 2.27. The van der Waals surface area contributed by atoms with Crippen LogP contribution in [0.3, 0.4) is 0 Å². The number of halogens is 1. The van der Waals surface area contributed by atoms with E-state index in [4.69, 9.17) is 11.6 Å². The zero-order valence-electron chi connectivity index (χ0n) is 9.12. The predicted octanol–water partition coefficient (Wildman–Crippen LogP) is 1.58. The fourth-order valence-corrected chi connectivity index (χ4v) is 1.86. The van der Waals surface area contributed by atoms with Crippen LogP contribution in [0.15, 0.2) is 0 Å². The van der Waals surface area contributed by atoms with E-state index in [-0.39, 0.29) is 18.0 Å². The van der Waals surface area contributed by atoms with E-state index in [0.29, 0.717) is 12.5 Å². The molecule has 5 heteroatoms. The number of likely N-dealkylation sites (tertiary alicyclic amines) is 1. The van der Waals surface area contributed by atoms with Crippen molar-refractivity contribution >= 4 is 23.5 Å². The molecule has 1 rings (SSSR count). The monoisotopic (exact) mass is 232 g/mol. The van der Waals surface area contributed by atoms with Crippen molar-refractivity contribution in [3.63, 3.8) is 0 Å². The van der Waals surface area contributed by atoms with Gasteiger partial charge in [-0.25, -0.2) is 4.79 Å². The molecule has 1 N–H and O–H groups in total. The maximum atomic E-state index is 11.7. The van der Waals surface area contributed by atoms with E-state index in [1.165, 1.54) is 0 Å². The van der Waals surface area contributed by atoms with E-state index in [0.717, 1.165) is 12.8 Å². The van der Waals surface area contributed by atoms with Gasteiger partial charge in [0.1, 0.15) is 5.88 Å². The van der Waals surface area contributed by atoms with Crippen LogP contribution in [0.4, 0.5) is 4.79 Å². The molecule has 0 spiro atoms. The van der Waals surface area contributed by atoms with Crippen molar-refractivity contribution in [1.29, 1.82) is 0 Å². The number of imide groups is 1. The Morgan fingerprint density at radius 3 is 2.67 bits per heavy atom. The first-order chi connectivity index (χ1) is 7.04. The normalized spacial score (nSPS) is 26.2. The topological polar surface area (TPSA) is 49.4 Å². The molecular weight excluding hydrogens is 216 g/mol. The van der Waals surface area contributed by atoms with Crippen LogP contribution < -0.4 is 5.32 Å². The second-order valence-corrected chi connectivity index (χ2v) is 4.44. The van der Waals surface area contributed by atoms with Gasteiger partial charge in [-0.15, -0.1) is 11.6 Å². The molecule has 1 aliphatic heterocycles. The molecule has 1 saturated heterocycles. The second-order valence-electron chi connectivity index (χ2n) is 4.17. The molecule has 1 heterocycles. The molecular formula is C10H17ClN2O2. The van der Waals surface area contributed by atoms with Crippen molar-refractivity contribution in [3.05, 3.63) is 0 Å². The SMILES string of the molecule is CC1CCC(C)N(C(=O)NC(=O)CCl)C1. The van der Waals surface area contributed by atoms with Crippen LogP contribution in [0.25, 0.3) is 0 Å². The summed E-state index contributed by atoms with van der Waals surface area (Å²) < 4.78 is 0. The molecule has 0 aromatic heterocycles. The molecule has 0 bridgehead atoms. The van der Waals surface area contributed by atoms with Gasteiger partial charge in [0.05, 0.1) is 0 Å². The van der Waals surface area contributed by atoms with Crippen LogP contribution >= 0.6 is 11.6 Å². The van der Waals surface area contributed by atoms with Gasteiger partial charge in [0.2, 0.25) is 5.91 Å². The van der Waals surface area contributed by atoms with Crippen molar-refractivity contribution in [2.45, 2.75) is 32.7 Å². The average Bonchev–Trinajstić information content (AvgIpc) is 2.21. The zero-order valence-corrected chi connectivity index (χ0v) is 9.88. The maximum absolute atomic E-state index is 11.7. The molecule has 0 saturated carbocycles. The van der Waals surface area contributed by atoms with Crippen molar-refractivity contribution in [3.8, 4) is 0 Å². The van der Waals surface area contributed by atoms with E-state index >= 15 is 0 Å². The summed E-state index contributed by atoms with van der Waals surface area (Å²) in [6.45, 7) is 4.81. The number of carbonyl (C=O) groups is 2. The summed E-state index contributed by atoms with van der Waals surface area (Å²) in [5.74, 6) is -0.117. The average molecular weight is 233 g/mol. The largest absolute Gasteiger partial charge is 0.324 e. The Balaban J connectivity index is 2.53. The number of nitrogens with zero attached hydrogens (tertiary/aromatic N) is 1. The summed E-state index contributed by atoms with van der Waals surface area (Å²) in [4.78, 5) is 24.3. The third-order valence-electron chi connectivity index (χ3n) is 2.75. The number of piperidine rings is 1. The number of amides is 3.